The van der Waals surface area contributed by atoms with Crippen molar-refractivity contribution in [1.29, 1.82) is 5.26 Å². The molecule has 4 nitrogen and oxygen atoms in total. The third-order valence-electron chi connectivity index (χ3n) is 6.56. The zero-order chi connectivity index (χ0) is 25.0. The first-order valence-electron chi connectivity index (χ1n) is 10.9. The molecule has 0 saturated carbocycles. The van der Waals surface area contributed by atoms with E-state index >= 15 is 0 Å². The monoisotopic (exact) mass is 474 g/mol. The Morgan fingerprint density at radius 3 is 1.89 bits per heavy atom. The molecule has 0 aliphatic rings. The fourth-order valence-corrected chi connectivity index (χ4v) is 4.99. The van der Waals surface area contributed by atoms with Crippen LogP contribution in [-0.4, -0.2) is 0 Å². The molecular weight excluding hydrogens is 461 g/mol. The Labute approximate surface area is 202 Å². The van der Waals surface area contributed by atoms with E-state index in [1.807, 2.05) is 60.8 Å². The quantitative estimate of drug-likeness (QED) is 0.144. The molecule has 6 aromatic carbocycles. The second kappa shape index (κ2) is 7.76. The van der Waals surface area contributed by atoms with Gasteiger partial charge >= 0.3 is 6.18 Å². The molecule has 0 bridgehead atoms. The minimum Gasteiger partial charge on any atom is -0.181 e. The molecule has 6 aromatic rings. The maximum absolute atomic E-state index is 13.0. The van der Waals surface area contributed by atoms with Gasteiger partial charge < -0.3 is 0 Å². The highest BCUT2D eigenvalue weighted by molar-refractivity contribution is 6.21. The number of halogens is 3. The number of rotatable bonds is 1. The lowest BCUT2D eigenvalue weighted by Crippen LogP contribution is -2.04. The number of fused-ring (bicyclic) bond motifs is 6. The van der Waals surface area contributed by atoms with Gasteiger partial charge in [0, 0.05) is 21.5 Å². The van der Waals surface area contributed by atoms with Crippen molar-refractivity contribution in [3.8, 4) is 17.3 Å². The number of nitriles is 1. The van der Waals surface area contributed by atoms with E-state index in [0.717, 1.165) is 60.8 Å². The first-order valence-corrected chi connectivity index (χ1v) is 10.9. The molecule has 0 atom stereocenters. The molecule has 0 aliphatic heterocycles. The van der Waals surface area contributed by atoms with Gasteiger partial charge in [0.15, 0.2) is 5.36 Å². The van der Waals surface area contributed by atoms with Gasteiger partial charge in [-0.15, -0.1) is 4.95 Å². The summed E-state index contributed by atoms with van der Waals surface area (Å²) in [7, 11) is 0. The number of hydrogen-bond acceptors (Lipinski definition) is 3. The van der Waals surface area contributed by atoms with Crippen LogP contribution in [0, 0.1) is 18.0 Å². The Bertz CT molecular complexity index is 2050. The van der Waals surface area contributed by atoms with Crippen molar-refractivity contribution in [1.82, 2.24) is 0 Å². The second-order valence-electron chi connectivity index (χ2n) is 8.43. The summed E-state index contributed by atoms with van der Waals surface area (Å²) in [6.07, 6.45) is -2.50. The predicted octanol–water partition coefficient (Wildman–Crippen LogP) is 6.98. The van der Waals surface area contributed by atoms with Crippen molar-refractivity contribution in [2.75, 3.05) is 0 Å². The summed E-state index contributed by atoms with van der Waals surface area (Å²) in [6.45, 7) is 7.38. The van der Waals surface area contributed by atoms with Crippen molar-refractivity contribution < 1.29 is 13.2 Å². The third-order valence-corrected chi connectivity index (χ3v) is 6.56. The molecule has 0 heterocycles. The molecule has 0 aliphatic carbocycles. The van der Waals surface area contributed by atoms with Gasteiger partial charge in [0.2, 0.25) is 6.19 Å². The fourth-order valence-electron chi connectivity index (χ4n) is 4.99. The SMILES string of the molecule is [C-]#[N+]/N=c1/c2cc(-c3ccc(C(F)(F)F)cc3)ccc2c2cc3c(=NC#N)c4ccccc4c3cc12. The average Bonchev–Trinajstić information content (AvgIpc) is 3.35. The molecular formula is C29H13F3N4. The summed E-state index contributed by atoms with van der Waals surface area (Å²) in [5.41, 5.74) is 0.640. The van der Waals surface area contributed by atoms with Gasteiger partial charge in [-0.3, -0.25) is 0 Å². The van der Waals surface area contributed by atoms with Crippen LogP contribution in [0.2, 0.25) is 0 Å². The minimum absolute atomic E-state index is 0.509. The van der Waals surface area contributed by atoms with Crippen LogP contribution >= 0.6 is 0 Å². The molecule has 0 amide bonds. The maximum atomic E-state index is 13.0. The summed E-state index contributed by atoms with van der Waals surface area (Å²) in [5.74, 6) is 0. The van der Waals surface area contributed by atoms with Crippen LogP contribution in [0.4, 0.5) is 13.2 Å². The lowest BCUT2D eigenvalue weighted by atomic mass is 10.0. The highest BCUT2D eigenvalue weighted by Crippen LogP contribution is 2.35. The van der Waals surface area contributed by atoms with Crippen molar-refractivity contribution in [3.05, 3.63) is 107 Å². The van der Waals surface area contributed by atoms with E-state index in [9.17, 15) is 18.4 Å². The van der Waals surface area contributed by atoms with Crippen LogP contribution in [0.5, 0.6) is 0 Å². The first-order chi connectivity index (χ1) is 17.4. The number of benzene rings is 4. The smallest absolute Gasteiger partial charge is 0.181 e. The Kier molecular flexibility index (Phi) is 4.64. The Morgan fingerprint density at radius 1 is 0.667 bits per heavy atom. The van der Waals surface area contributed by atoms with E-state index in [1.54, 1.807) is 0 Å². The van der Waals surface area contributed by atoms with Gasteiger partial charge in [-0.2, -0.15) is 30.0 Å². The molecule has 0 unspecified atom stereocenters. The zero-order valence-corrected chi connectivity index (χ0v) is 18.4. The third kappa shape index (κ3) is 3.14. The van der Waals surface area contributed by atoms with Gasteiger partial charge in [0.1, 0.15) is 0 Å². The van der Waals surface area contributed by atoms with E-state index in [4.69, 9.17) is 6.57 Å². The van der Waals surface area contributed by atoms with Gasteiger partial charge in [0.05, 0.1) is 16.0 Å². The summed E-state index contributed by atoms with van der Waals surface area (Å²) >= 11 is 0. The van der Waals surface area contributed by atoms with Crippen LogP contribution in [0.15, 0.2) is 89.0 Å². The average molecular weight is 474 g/mol. The molecule has 0 fully saturated rings. The molecule has 0 aromatic heterocycles. The standard InChI is InChI=1S/C29H13F3N4/c1-34-36-28-24-12-17(16-6-9-18(10-7-16)29(30,31)32)8-11-20(24)23-13-25-22(14-26(23)28)19-4-2-3-5-21(19)27(25)35-15-33/h2-14H/b35-27?,36-28-. The number of nitrogens with zero attached hydrogens (tertiary/aromatic N) is 4. The van der Waals surface area contributed by atoms with Gasteiger partial charge in [-0.05, 0) is 63.0 Å². The van der Waals surface area contributed by atoms with E-state index in [-0.39, 0.29) is 0 Å². The molecule has 7 heteroatoms. The van der Waals surface area contributed by atoms with Gasteiger partial charge in [-0.1, -0.05) is 48.5 Å². The molecule has 0 N–H and O–H groups in total. The Hall–Kier alpha value is -5.01. The van der Waals surface area contributed by atoms with Gasteiger partial charge in [0.25, 0.3) is 0 Å². The van der Waals surface area contributed by atoms with E-state index in [2.05, 4.69) is 15.0 Å². The van der Waals surface area contributed by atoms with Crippen molar-refractivity contribution >= 4 is 43.1 Å². The summed E-state index contributed by atoms with van der Waals surface area (Å²) in [5, 5.41) is 21.3. The zero-order valence-electron chi connectivity index (χ0n) is 18.4. The number of hydrogen-bond donors (Lipinski definition) is 0. The van der Waals surface area contributed by atoms with E-state index < -0.39 is 11.7 Å². The topological polar surface area (TPSA) is 52.9 Å². The highest BCUT2D eigenvalue weighted by atomic mass is 19.4. The van der Waals surface area contributed by atoms with E-state index in [1.165, 1.54) is 12.1 Å². The molecule has 0 saturated heterocycles. The highest BCUT2D eigenvalue weighted by Gasteiger charge is 2.30. The Morgan fingerprint density at radius 2 is 1.25 bits per heavy atom. The van der Waals surface area contributed by atoms with Crippen LogP contribution < -0.4 is 10.7 Å². The molecule has 6 rings (SSSR count). The van der Waals surface area contributed by atoms with Crippen LogP contribution in [-0.2, 0) is 6.18 Å². The molecule has 36 heavy (non-hydrogen) atoms. The molecule has 170 valence electrons. The van der Waals surface area contributed by atoms with Crippen LogP contribution in [0.3, 0.4) is 0 Å². The fraction of sp³-hybridized carbons (Fsp3) is 0.0345. The normalized spacial score (nSPS) is 13.1. The largest absolute Gasteiger partial charge is 0.416 e. The summed E-state index contributed by atoms with van der Waals surface area (Å²) in [4.78, 5) is 7.37. The van der Waals surface area contributed by atoms with Crippen molar-refractivity contribution in [3.63, 3.8) is 0 Å². The molecule has 0 radical (unpaired) electrons. The minimum atomic E-state index is -4.40. The lowest BCUT2D eigenvalue weighted by molar-refractivity contribution is -0.137. The Balaban J connectivity index is 1.67. The van der Waals surface area contributed by atoms with E-state index in [0.29, 0.717) is 16.3 Å². The van der Waals surface area contributed by atoms with Gasteiger partial charge in [-0.25, -0.2) is 0 Å². The lowest BCUT2D eigenvalue weighted by Gasteiger charge is -2.08. The van der Waals surface area contributed by atoms with Crippen LogP contribution in [0.25, 0.3) is 59.2 Å². The summed E-state index contributed by atoms with van der Waals surface area (Å²) in [6, 6.07) is 22.3. The maximum Gasteiger partial charge on any atom is 0.416 e. The second-order valence-corrected chi connectivity index (χ2v) is 8.43. The van der Waals surface area contributed by atoms with Crippen molar-refractivity contribution in [2.24, 2.45) is 10.1 Å². The van der Waals surface area contributed by atoms with Crippen LogP contribution in [0.1, 0.15) is 5.56 Å². The predicted molar refractivity (Wildman–Crippen MR) is 133 cm³/mol. The first kappa shape index (κ1) is 21.5. The van der Waals surface area contributed by atoms with Crippen molar-refractivity contribution in [2.45, 2.75) is 6.18 Å². The molecule has 0 spiro atoms. The number of alkyl halides is 3. The summed E-state index contributed by atoms with van der Waals surface area (Å²) < 4.78 is 39.0.